The normalized spacial score (nSPS) is 32.6. The first-order chi connectivity index (χ1) is 8.57. The van der Waals surface area contributed by atoms with Gasteiger partial charge in [0.15, 0.2) is 9.84 Å². The van der Waals surface area contributed by atoms with Gasteiger partial charge in [-0.1, -0.05) is 6.92 Å². The van der Waals surface area contributed by atoms with Gasteiger partial charge in [-0.25, -0.2) is 8.42 Å². The average molecular weight is 276 g/mol. The molecule has 2 fully saturated rings. The van der Waals surface area contributed by atoms with E-state index in [1.165, 1.54) is 0 Å². The lowest BCUT2D eigenvalue weighted by Crippen LogP contribution is -2.59. The molecule has 0 aromatic carbocycles. The predicted octanol–water partition coefficient (Wildman–Crippen LogP) is -0.174. The highest BCUT2D eigenvalue weighted by Gasteiger charge is 2.45. The molecule has 106 valence electrons. The smallest absolute Gasteiger partial charge is 0.153 e. The Bertz CT molecular complexity index is 370. The first kappa shape index (κ1) is 14.2. The molecular weight excluding hydrogens is 252 g/mol. The standard InChI is InChI=1S/C12H24N2O3S/c1-3-13-5-6-14(7-8-17-4-2)12-10-18(15,16)9-11(12)13/h11-12H,3-10H2,1-2H3/t11-,12+/m0/s1. The number of nitrogens with zero attached hydrogens (tertiary/aromatic N) is 2. The number of likely N-dealkylation sites (N-methyl/N-ethyl adjacent to an activating group) is 1. The molecule has 6 heteroatoms. The van der Waals surface area contributed by atoms with E-state index in [1.54, 1.807) is 0 Å². The quantitative estimate of drug-likeness (QED) is 0.652. The maximum atomic E-state index is 11.8. The maximum Gasteiger partial charge on any atom is 0.153 e. The summed E-state index contributed by atoms with van der Waals surface area (Å²) in [5, 5.41) is 0. The van der Waals surface area contributed by atoms with Crippen LogP contribution in [0.15, 0.2) is 0 Å². The minimum Gasteiger partial charge on any atom is -0.380 e. The summed E-state index contributed by atoms with van der Waals surface area (Å²) in [4.78, 5) is 4.61. The number of piperazine rings is 1. The number of sulfone groups is 1. The molecule has 18 heavy (non-hydrogen) atoms. The van der Waals surface area contributed by atoms with E-state index >= 15 is 0 Å². The summed E-state index contributed by atoms with van der Waals surface area (Å²) in [6, 6.07) is 0.361. The first-order valence-corrected chi connectivity index (χ1v) is 8.65. The lowest BCUT2D eigenvalue weighted by molar-refractivity contribution is 0.0260. The maximum absolute atomic E-state index is 11.8. The highest BCUT2D eigenvalue weighted by atomic mass is 32.2. The van der Waals surface area contributed by atoms with Crippen molar-refractivity contribution in [3.8, 4) is 0 Å². The van der Waals surface area contributed by atoms with Gasteiger partial charge < -0.3 is 4.74 Å². The van der Waals surface area contributed by atoms with Crippen LogP contribution in [0.3, 0.4) is 0 Å². The number of hydrogen-bond donors (Lipinski definition) is 0. The molecule has 5 nitrogen and oxygen atoms in total. The van der Waals surface area contributed by atoms with Crippen LogP contribution in [0.1, 0.15) is 13.8 Å². The molecule has 2 aliphatic heterocycles. The molecule has 0 bridgehead atoms. The van der Waals surface area contributed by atoms with E-state index in [2.05, 4.69) is 16.7 Å². The molecule has 2 aliphatic rings. The van der Waals surface area contributed by atoms with Gasteiger partial charge in [-0.15, -0.1) is 0 Å². The zero-order valence-corrected chi connectivity index (χ0v) is 12.2. The van der Waals surface area contributed by atoms with E-state index < -0.39 is 9.84 Å². The Hall–Kier alpha value is -0.170. The van der Waals surface area contributed by atoms with Gasteiger partial charge in [0.1, 0.15) is 0 Å². The van der Waals surface area contributed by atoms with Gasteiger partial charge in [0, 0.05) is 38.3 Å². The van der Waals surface area contributed by atoms with Crippen LogP contribution in [0, 0.1) is 0 Å². The van der Waals surface area contributed by atoms with E-state index in [-0.39, 0.29) is 12.1 Å². The summed E-state index contributed by atoms with van der Waals surface area (Å²) < 4.78 is 29.1. The minimum atomic E-state index is -2.86. The average Bonchev–Trinajstić information content (AvgIpc) is 2.65. The summed E-state index contributed by atoms with van der Waals surface area (Å²) >= 11 is 0. The van der Waals surface area contributed by atoms with Gasteiger partial charge in [0.25, 0.3) is 0 Å². The van der Waals surface area contributed by atoms with E-state index in [4.69, 9.17) is 4.74 Å². The third-order valence-electron chi connectivity index (χ3n) is 4.04. The van der Waals surface area contributed by atoms with Crippen molar-refractivity contribution in [2.24, 2.45) is 0 Å². The van der Waals surface area contributed by atoms with Gasteiger partial charge >= 0.3 is 0 Å². The van der Waals surface area contributed by atoms with Crippen molar-refractivity contribution in [3.05, 3.63) is 0 Å². The molecule has 2 rings (SSSR count). The fourth-order valence-electron chi connectivity index (χ4n) is 3.09. The zero-order valence-electron chi connectivity index (χ0n) is 11.3. The number of rotatable bonds is 5. The van der Waals surface area contributed by atoms with Crippen LogP contribution in [0.5, 0.6) is 0 Å². The summed E-state index contributed by atoms with van der Waals surface area (Å²) in [5.41, 5.74) is 0. The second kappa shape index (κ2) is 5.86. The molecule has 0 radical (unpaired) electrons. The van der Waals surface area contributed by atoms with Crippen LogP contribution in [-0.4, -0.2) is 81.2 Å². The van der Waals surface area contributed by atoms with Gasteiger partial charge in [0.2, 0.25) is 0 Å². The molecule has 0 aromatic rings. The predicted molar refractivity (Wildman–Crippen MR) is 71.5 cm³/mol. The highest BCUT2D eigenvalue weighted by molar-refractivity contribution is 7.91. The van der Waals surface area contributed by atoms with Crippen molar-refractivity contribution in [2.75, 3.05) is 50.9 Å². The first-order valence-electron chi connectivity index (χ1n) is 6.83. The Morgan fingerprint density at radius 1 is 1.11 bits per heavy atom. The van der Waals surface area contributed by atoms with Gasteiger partial charge in [-0.05, 0) is 13.5 Å². The Balaban J connectivity index is 2.02. The summed E-state index contributed by atoms with van der Waals surface area (Å²) in [5.74, 6) is 0.650. The molecular formula is C12H24N2O3S. The molecule has 0 N–H and O–H groups in total. The fraction of sp³-hybridized carbons (Fsp3) is 1.00. The van der Waals surface area contributed by atoms with Crippen molar-refractivity contribution < 1.29 is 13.2 Å². The van der Waals surface area contributed by atoms with Gasteiger partial charge in [0.05, 0.1) is 18.1 Å². The third-order valence-corrected chi connectivity index (χ3v) is 5.74. The topological polar surface area (TPSA) is 49.9 Å². The number of fused-ring (bicyclic) bond motifs is 1. The van der Waals surface area contributed by atoms with E-state index in [9.17, 15) is 8.42 Å². The summed E-state index contributed by atoms with van der Waals surface area (Å²) in [7, 11) is -2.86. The molecule has 0 spiro atoms. The highest BCUT2D eigenvalue weighted by Crippen LogP contribution is 2.26. The second-order valence-corrected chi connectivity index (χ2v) is 7.23. The Morgan fingerprint density at radius 2 is 1.72 bits per heavy atom. The van der Waals surface area contributed by atoms with Gasteiger partial charge in [-0.2, -0.15) is 0 Å². The van der Waals surface area contributed by atoms with Crippen molar-refractivity contribution in [1.82, 2.24) is 9.80 Å². The van der Waals surface area contributed by atoms with E-state index in [1.807, 2.05) is 6.92 Å². The van der Waals surface area contributed by atoms with Crippen molar-refractivity contribution in [2.45, 2.75) is 25.9 Å². The Labute approximate surface area is 110 Å². The van der Waals surface area contributed by atoms with E-state index in [0.717, 1.165) is 32.8 Å². The van der Waals surface area contributed by atoms with E-state index in [0.29, 0.717) is 18.1 Å². The summed E-state index contributed by atoms with van der Waals surface area (Å²) in [6.07, 6.45) is 0. The third kappa shape index (κ3) is 3.04. The van der Waals surface area contributed by atoms with Crippen LogP contribution in [0.2, 0.25) is 0 Å². The zero-order chi connectivity index (χ0) is 13.2. The summed E-state index contributed by atoms with van der Waals surface area (Å²) in [6.45, 7) is 9.23. The fourth-order valence-corrected chi connectivity index (χ4v) is 5.14. The molecule has 2 saturated heterocycles. The van der Waals surface area contributed by atoms with Crippen LogP contribution in [0.4, 0.5) is 0 Å². The van der Waals surface area contributed by atoms with Crippen LogP contribution >= 0.6 is 0 Å². The van der Waals surface area contributed by atoms with Crippen LogP contribution < -0.4 is 0 Å². The Morgan fingerprint density at radius 3 is 2.33 bits per heavy atom. The largest absolute Gasteiger partial charge is 0.380 e. The van der Waals surface area contributed by atoms with Crippen LogP contribution in [-0.2, 0) is 14.6 Å². The SMILES string of the molecule is CCOCCN1CCN(CC)[C@H]2CS(=O)(=O)C[C@H]21. The molecule has 0 aliphatic carbocycles. The number of hydrogen-bond acceptors (Lipinski definition) is 5. The monoisotopic (exact) mass is 276 g/mol. The molecule has 0 aromatic heterocycles. The second-order valence-electron chi connectivity index (χ2n) is 5.07. The molecule has 0 saturated carbocycles. The molecule has 2 heterocycles. The molecule has 0 unspecified atom stereocenters. The lowest BCUT2D eigenvalue weighted by Gasteiger charge is -2.43. The van der Waals surface area contributed by atoms with Crippen LogP contribution in [0.25, 0.3) is 0 Å². The van der Waals surface area contributed by atoms with Crippen molar-refractivity contribution in [1.29, 1.82) is 0 Å². The van der Waals surface area contributed by atoms with Crippen molar-refractivity contribution in [3.63, 3.8) is 0 Å². The molecule has 0 amide bonds. The van der Waals surface area contributed by atoms with Gasteiger partial charge in [-0.3, -0.25) is 9.80 Å². The van der Waals surface area contributed by atoms with Crippen molar-refractivity contribution >= 4 is 9.84 Å². The Kier molecular flexibility index (Phi) is 4.64. The number of ether oxygens (including phenoxy) is 1. The molecule has 2 atom stereocenters. The minimum absolute atomic E-state index is 0.171. The lowest BCUT2D eigenvalue weighted by atomic mass is 10.1.